The molecule has 4 nitrogen and oxygen atoms in total. The Morgan fingerprint density at radius 2 is 1.94 bits per heavy atom. The molecule has 1 aromatic rings. The van der Waals surface area contributed by atoms with Crippen LogP contribution in [-0.4, -0.2) is 11.7 Å². The van der Waals surface area contributed by atoms with E-state index < -0.39 is 0 Å². The van der Waals surface area contributed by atoms with E-state index in [9.17, 15) is 4.79 Å². The zero-order valence-corrected chi connectivity index (χ0v) is 10.9. The van der Waals surface area contributed by atoms with E-state index >= 15 is 0 Å². The SMILES string of the molecule is Cc1cc(C)c(N2N=C(N)CC2=O)c(Cl)c1Cl. The molecule has 1 aliphatic rings. The molecule has 0 aliphatic carbocycles. The van der Waals surface area contributed by atoms with Crippen LogP contribution in [0.5, 0.6) is 0 Å². The molecule has 2 N–H and O–H groups in total. The van der Waals surface area contributed by atoms with Crippen molar-refractivity contribution >= 4 is 40.6 Å². The van der Waals surface area contributed by atoms with E-state index in [1.165, 1.54) is 5.01 Å². The van der Waals surface area contributed by atoms with Gasteiger partial charge in [-0.3, -0.25) is 4.79 Å². The number of amides is 1. The number of nitrogens with zero attached hydrogens (tertiary/aromatic N) is 2. The molecular formula is C11H11Cl2N3O. The van der Waals surface area contributed by atoms with Crippen molar-refractivity contribution < 1.29 is 4.79 Å². The summed E-state index contributed by atoms with van der Waals surface area (Å²) in [5, 5.41) is 5.95. The van der Waals surface area contributed by atoms with Gasteiger partial charge in [0.1, 0.15) is 5.84 Å². The van der Waals surface area contributed by atoms with Crippen LogP contribution in [0.15, 0.2) is 11.2 Å². The van der Waals surface area contributed by atoms with Crippen LogP contribution in [0.3, 0.4) is 0 Å². The topological polar surface area (TPSA) is 58.7 Å². The zero-order chi connectivity index (χ0) is 12.7. The van der Waals surface area contributed by atoms with Gasteiger partial charge in [0.15, 0.2) is 0 Å². The highest BCUT2D eigenvalue weighted by atomic mass is 35.5. The lowest BCUT2D eigenvalue weighted by Crippen LogP contribution is -2.21. The first-order valence-electron chi connectivity index (χ1n) is 5.03. The largest absolute Gasteiger partial charge is 0.385 e. The summed E-state index contributed by atoms with van der Waals surface area (Å²) in [6.45, 7) is 3.70. The maximum atomic E-state index is 11.7. The van der Waals surface area contributed by atoms with Crippen LogP contribution in [0.25, 0.3) is 0 Å². The molecule has 6 heteroatoms. The summed E-state index contributed by atoms with van der Waals surface area (Å²) < 4.78 is 0. The molecule has 0 bridgehead atoms. The van der Waals surface area contributed by atoms with Gasteiger partial charge >= 0.3 is 0 Å². The van der Waals surface area contributed by atoms with Crippen LogP contribution in [0.2, 0.25) is 10.0 Å². The van der Waals surface area contributed by atoms with Crippen LogP contribution in [0.4, 0.5) is 5.69 Å². The third-order valence-electron chi connectivity index (χ3n) is 2.56. The summed E-state index contributed by atoms with van der Waals surface area (Å²) in [6, 6.07) is 1.86. The van der Waals surface area contributed by atoms with Gasteiger partial charge in [0.25, 0.3) is 5.91 Å². The molecule has 1 aromatic carbocycles. The summed E-state index contributed by atoms with van der Waals surface area (Å²) in [5.41, 5.74) is 7.74. The molecule has 0 unspecified atom stereocenters. The number of amidine groups is 1. The van der Waals surface area contributed by atoms with E-state index in [2.05, 4.69) is 5.10 Å². The lowest BCUT2D eigenvalue weighted by atomic mass is 10.1. The Morgan fingerprint density at radius 3 is 2.47 bits per heavy atom. The van der Waals surface area contributed by atoms with E-state index in [0.717, 1.165) is 11.1 Å². The van der Waals surface area contributed by atoms with Crippen molar-refractivity contribution in [3.8, 4) is 0 Å². The van der Waals surface area contributed by atoms with Crippen molar-refractivity contribution in [1.82, 2.24) is 0 Å². The highest BCUT2D eigenvalue weighted by Crippen LogP contribution is 2.39. The first-order chi connectivity index (χ1) is 7.91. The number of benzene rings is 1. The number of hydrazone groups is 1. The Balaban J connectivity index is 2.60. The molecule has 1 amide bonds. The van der Waals surface area contributed by atoms with Crippen LogP contribution < -0.4 is 10.7 Å². The summed E-state index contributed by atoms with van der Waals surface area (Å²) in [5.74, 6) is 0.0783. The van der Waals surface area contributed by atoms with Gasteiger partial charge in [-0.15, -0.1) is 0 Å². The predicted octanol–water partition coefficient (Wildman–Crippen LogP) is 2.62. The molecule has 1 aliphatic heterocycles. The van der Waals surface area contributed by atoms with Gasteiger partial charge in [0.05, 0.1) is 22.2 Å². The molecule has 0 atom stereocenters. The number of hydrogen-bond donors (Lipinski definition) is 1. The molecular weight excluding hydrogens is 261 g/mol. The predicted molar refractivity (Wildman–Crippen MR) is 69.7 cm³/mol. The van der Waals surface area contributed by atoms with Crippen LogP contribution in [-0.2, 0) is 4.79 Å². The van der Waals surface area contributed by atoms with E-state index in [-0.39, 0.29) is 18.2 Å². The molecule has 0 fully saturated rings. The van der Waals surface area contributed by atoms with Gasteiger partial charge in [-0.25, -0.2) is 0 Å². The molecule has 0 saturated carbocycles. The minimum Gasteiger partial charge on any atom is -0.385 e. The van der Waals surface area contributed by atoms with Gasteiger partial charge < -0.3 is 5.73 Å². The Hall–Kier alpha value is -1.26. The fourth-order valence-corrected chi connectivity index (χ4v) is 2.31. The van der Waals surface area contributed by atoms with Crippen molar-refractivity contribution in [2.45, 2.75) is 20.3 Å². The van der Waals surface area contributed by atoms with Crippen LogP contribution >= 0.6 is 23.2 Å². The maximum absolute atomic E-state index is 11.7. The Morgan fingerprint density at radius 1 is 1.29 bits per heavy atom. The third-order valence-corrected chi connectivity index (χ3v) is 3.51. The number of hydrogen-bond acceptors (Lipinski definition) is 3. The second-order valence-electron chi connectivity index (χ2n) is 3.96. The van der Waals surface area contributed by atoms with Crippen LogP contribution in [0, 0.1) is 13.8 Å². The Kier molecular flexibility index (Phi) is 3.02. The molecule has 0 spiro atoms. The second kappa shape index (κ2) is 4.20. The molecule has 90 valence electrons. The highest BCUT2D eigenvalue weighted by molar-refractivity contribution is 6.44. The Labute approximate surface area is 109 Å². The highest BCUT2D eigenvalue weighted by Gasteiger charge is 2.27. The quantitative estimate of drug-likeness (QED) is 0.854. The van der Waals surface area contributed by atoms with Crippen molar-refractivity contribution in [3.63, 3.8) is 0 Å². The summed E-state index contributed by atoms with van der Waals surface area (Å²) in [6.07, 6.45) is 0.112. The van der Waals surface area contributed by atoms with Crippen molar-refractivity contribution in [1.29, 1.82) is 0 Å². The first kappa shape index (κ1) is 12.2. The molecule has 1 heterocycles. The molecule has 0 aromatic heterocycles. The zero-order valence-electron chi connectivity index (χ0n) is 9.42. The van der Waals surface area contributed by atoms with Gasteiger partial charge in [-0.05, 0) is 25.0 Å². The van der Waals surface area contributed by atoms with Crippen molar-refractivity contribution in [3.05, 3.63) is 27.2 Å². The fourth-order valence-electron chi connectivity index (χ4n) is 1.79. The fraction of sp³-hybridized carbons (Fsp3) is 0.273. The number of carbonyl (C=O) groups excluding carboxylic acids is 1. The smallest absolute Gasteiger partial charge is 0.255 e. The standard InChI is InChI=1S/C11H11Cl2N3O/c1-5-3-6(2)11(10(13)9(5)12)16-8(17)4-7(14)15-16/h3H,4H2,1-2H3,(H2,14,15). The van der Waals surface area contributed by atoms with Gasteiger partial charge in [-0.1, -0.05) is 29.3 Å². The van der Waals surface area contributed by atoms with Crippen LogP contribution in [0.1, 0.15) is 17.5 Å². The van der Waals surface area contributed by atoms with E-state index in [1.54, 1.807) is 0 Å². The average Bonchev–Trinajstić information content (AvgIpc) is 2.55. The molecule has 0 saturated heterocycles. The lowest BCUT2D eigenvalue weighted by molar-refractivity contribution is -0.116. The summed E-state index contributed by atoms with van der Waals surface area (Å²) in [4.78, 5) is 11.7. The molecule has 0 radical (unpaired) electrons. The monoisotopic (exact) mass is 271 g/mol. The van der Waals surface area contributed by atoms with Crippen molar-refractivity contribution in [2.75, 3.05) is 5.01 Å². The number of anilines is 1. The molecule has 17 heavy (non-hydrogen) atoms. The van der Waals surface area contributed by atoms with Gasteiger partial charge in [-0.2, -0.15) is 10.1 Å². The maximum Gasteiger partial charge on any atom is 0.255 e. The number of rotatable bonds is 1. The molecule has 2 rings (SSSR count). The second-order valence-corrected chi connectivity index (χ2v) is 4.72. The van der Waals surface area contributed by atoms with Gasteiger partial charge in [0, 0.05) is 0 Å². The number of halogens is 2. The summed E-state index contributed by atoms with van der Waals surface area (Å²) >= 11 is 12.2. The summed E-state index contributed by atoms with van der Waals surface area (Å²) in [7, 11) is 0. The third kappa shape index (κ3) is 1.98. The number of aryl methyl sites for hydroxylation is 2. The lowest BCUT2D eigenvalue weighted by Gasteiger charge is -2.18. The minimum absolute atomic E-state index is 0.112. The average molecular weight is 272 g/mol. The van der Waals surface area contributed by atoms with Gasteiger partial charge in [0.2, 0.25) is 0 Å². The van der Waals surface area contributed by atoms with E-state index in [0.29, 0.717) is 15.7 Å². The first-order valence-corrected chi connectivity index (χ1v) is 5.78. The Bertz CT molecular complexity index is 540. The number of nitrogens with two attached hydrogens (primary N) is 1. The minimum atomic E-state index is -0.201. The van der Waals surface area contributed by atoms with E-state index in [4.69, 9.17) is 28.9 Å². The van der Waals surface area contributed by atoms with Crippen molar-refractivity contribution in [2.24, 2.45) is 10.8 Å². The van der Waals surface area contributed by atoms with E-state index in [1.807, 2.05) is 19.9 Å². The number of carbonyl (C=O) groups is 1. The normalized spacial score (nSPS) is 15.4.